The van der Waals surface area contributed by atoms with Crippen LogP contribution < -0.4 is 0 Å². The highest BCUT2D eigenvalue weighted by Gasteiger charge is 2.28. The zero-order chi connectivity index (χ0) is 8.84. The molecule has 0 saturated carbocycles. The fraction of sp³-hybridized carbons (Fsp3) is 0.200. The van der Waals surface area contributed by atoms with Crippen LogP contribution in [0.3, 0.4) is 0 Å². The minimum absolute atomic E-state index is 0.200. The number of fused-ring (bicyclic) bond motifs is 1. The van der Waals surface area contributed by atoms with E-state index in [4.69, 9.17) is 9.15 Å². The first-order valence-corrected chi connectivity index (χ1v) is 4.93. The lowest BCUT2D eigenvalue weighted by atomic mass is 10.2. The van der Waals surface area contributed by atoms with Gasteiger partial charge in [-0.25, -0.2) is 0 Å². The van der Waals surface area contributed by atoms with Crippen molar-refractivity contribution in [1.29, 1.82) is 0 Å². The van der Waals surface area contributed by atoms with E-state index in [1.807, 2.05) is 24.3 Å². The molecule has 3 heteroatoms. The molecule has 3 rings (SSSR count). The molecule has 1 fully saturated rings. The normalized spacial score (nSPS) is 20.8. The van der Waals surface area contributed by atoms with Gasteiger partial charge in [0.05, 0.1) is 6.61 Å². The zero-order valence-corrected chi connectivity index (χ0v) is 8.37. The number of rotatable bonds is 1. The predicted molar refractivity (Wildman–Crippen MR) is 52.6 cm³/mol. The van der Waals surface area contributed by atoms with Gasteiger partial charge in [-0.2, -0.15) is 0 Å². The minimum Gasteiger partial charge on any atom is -0.458 e. The summed E-state index contributed by atoms with van der Waals surface area (Å²) < 4.78 is 11.8. The van der Waals surface area contributed by atoms with E-state index in [-0.39, 0.29) is 6.10 Å². The number of benzene rings is 1. The summed E-state index contributed by atoms with van der Waals surface area (Å²) in [6.45, 7) is 0.793. The van der Waals surface area contributed by atoms with Crippen molar-refractivity contribution in [3.05, 3.63) is 34.5 Å². The Morgan fingerprint density at radius 1 is 1.31 bits per heavy atom. The Labute approximate surface area is 83.6 Å². The molecule has 2 nitrogen and oxygen atoms in total. The molecule has 66 valence electrons. The maximum absolute atomic E-state index is 5.60. The molecule has 0 radical (unpaired) electrons. The second-order valence-corrected chi connectivity index (χ2v) is 4.07. The molecule has 0 unspecified atom stereocenters. The van der Waals surface area contributed by atoms with E-state index in [0.717, 1.165) is 27.8 Å². The monoisotopic (exact) mass is 238 g/mol. The number of halogens is 1. The summed E-state index contributed by atoms with van der Waals surface area (Å²) >= 11 is 3.42. The van der Waals surface area contributed by atoms with Gasteiger partial charge >= 0.3 is 0 Å². The molecular formula is C10H7BrO2. The Kier molecular flexibility index (Phi) is 1.51. The lowest BCUT2D eigenvalue weighted by molar-refractivity contribution is 0.378. The minimum atomic E-state index is 0.200. The largest absolute Gasteiger partial charge is 0.458 e. The molecule has 1 aromatic heterocycles. The standard InChI is InChI=1S/C10H7BrO2/c11-7-1-2-8-6(3-7)4-9(13-8)10-5-12-10/h1-4,10H,5H2/t10-/m1/s1. The smallest absolute Gasteiger partial charge is 0.139 e. The van der Waals surface area contributed by atoms with Crippen molar-refractivity contribution < 1.29 is 9.15 Å². The fourth-order valence-corrected chi connectivity index (χ4v) is 1.78. The third kappa shape index (κ3) is 1.28. The summed E-state index contributed by atoms with van der Waals surface area (Å²) in [5, 5.41) is 1.12. The number of hydrogen-bond donors (Lipinski definition) is 0. The number of ether oxygens (including phenoxy) is 1. The molecule has 1 aliphatic heterocycles. The zero-order valence-electron chi connectivity index (χ0n) is 6.79. The number of epoxide rings is 1. The van der Waals surface area contributed by atoms with Crippen LogP contribution in [0.25, 0.3) is 11.0 Å². The Hall–Kier alpha value is -0.800. The molecular weight excluding hydrogens is 232 g/mol. The Morgan fingerprint density at radius 3 is 2.92 bits per heavy atom. The Morgan fingerprint density at radius 2 is 2.15 bits per heavy atom. The average molecular weight is 239 g/mol. The maximum atomic E-state index is 5.60. The van der Waals surface area contributed by atoms with Crippen LogP contribution in [0.2, 0.25) is 0 Å². The van der Waals surface area contributed by atoms with E-state index >= 15 is 0 Å². The van der Waals surface area contributed by atoms with Crippen molar-refractivity contribution in [1.82, 2.24) is 0 Å². The summed E-state index contributed by atoms with van der Waals surface area (Å²) in [6.07, 6.45) is 0.200. The molecule has 0 amide bonds. The molecule has 13 heavy (non-hydrogen) atoms. The van der Waals surface area contributed by atoms with E-state index < -0.39 is 0 Å². The third-order valence-electron chi connectivity index (χ3n) is 2.15. The van der Waals surface area contributed by atoms with Crippen LogP contribution in [0, 0.1) is 0 Å². The third-order valence-corrected chi connectivity index (χ3v) is 2.64. The van der Waals surface area contributed by atoms with E-state index in [2.05, 4.69) is 15.9 Å². The highest BCUT2D eigenvalue weighted by Crippen LogP contribution is 2.34. The van der Waals surface area contributed by atoms with Crippen molar-refractivity contribution in [3.8, 4) is 0 Å². The van der Waals surface area contributed by atoms with E-state index in [1.165, 1.54) is 0 Å². The Balaban J connectivity index is 2.20. The number of furan rings is 1. The van der Waals surface area contributed by atoms with Gasteiger partial charge in [-0.1, -0.05) is 15.9 Å². The summed E-state index contributed by atoms with van der Waals surface area (Å²) in [5.74, 6) is 0.938. The molecule has 0 bridgehead atoms. The van der Waals surface area contributed by atoms with Gasteiger partial charge in [0.15, 0.2) is 0 Å². The van der Waals surface area contributed by atoms with Crippen molar-refractivity contribution in [3.63, 3.8) is 0 Å². The van der Waals surface area contributed by atoms with Gasteiger partial charge < -0.3 is 9.15 Å². The highest BCUT2D eigenvalue weighted by atomic mass is 79.9. The summed E-state index contributed by atoms with van der Waals surface area (Å²) in [5.41, 5.74) is 0.925. The molecule has 1 aliphatic rings. The highest BCUT2D eigenvalue weighted by molar-refractivity contribution is 9.10. The van der Waals surface area contributed by atoms with Crippen LogP contribution in [0.15, 0.2) is 33.2 Å². The lowest BCUT2D eigenvalue weighted by Crippen LogP contribution is -1.69. The lowest BCUT2D eigenvalue weighted by Gasteiger charge is -1.87. The van der Waals surface area contributed by atoms with E-state index in [1.54, 1.807) is 0 Å². The van der Waals surface area contributed by atoms with Crippen molar-refractivity contribution >= 4 is 26.9 Å². The van der Waals surface area contributed by atoms with E-state index in [9.17, 15) is 0 Å². The summed E-state index contributed by atoms with van der Waals surface area (Å²) in [6, 6.07) is 8.02. The quantitative estimate of drug-likeness (QED) is 0.713. The molecule has 2 heterocycles. The second-order valence-electron chi connectivity index (χ2n) is 3.15. The van der Waals surface area contributed by atoms with Gasteiger partial charge in [0, 0.05) is 9.86 Å². The van der Waals surface area contributed by atoms with Gasteiger partial charge in [-0.3, -0.25) is 0 Å². The van der Waals surface area contributed by atoms with Gasteiger partial charge in [0.25, 0.3) is 0 Å². The van der Waals surface area contributed by atoms with Crippen LogP contribution in [-0.2, 0) is 4.74 Å². The number of hydrogen-bond acceptors (Lipinski definition) is 2. The van der Waals surface area contributed by atoms with Crippen LogP contribution in [0.4, 0.5) is 0 Å². The second kappa shape index (κ2) is 2.59. The van der Waals surface area contributed by atoms with Crippen molar-refractivity contribution in [2.45, 2.75) is 6.10 Å². The van der Waals surface area contributed by atoms with Crippen molar-refractivity contribution in [2.24, 2.45) is 0 Å². The van der Waals surface area contributed by atoms with Gasteiger partial charge in [-0.15, -0.1) is 0 Å². The van der Waals surface area contributed by atoms with Crippen LogP contribution in [0.1, 0.15) is 11.9 Å². The van der Waals surface area contributed by atoms with Crippen LogP contribution >= 0.6 is 15.9 Å². The molecule has 1 saturated heterocycles. The first-order valence-electron chi connectivity index (χ1n) is 4.13. The predicted octanol–water partition coefficient (Wildman–Crippen LogP) is 3.27. The summed E-state index contributed by atoms with van der Waals surface area (Å²) in [7, 11) is 0. The van der Waals surface area contributed by atoms with Gasteiger partial charge in [-0.05, 0) is 24.3 Å². The average Bonchev–Trinajstić information content (AvgIpc) is 2.87. The molecule has 0 spiro atoms. The Bertz CT molecular complexity index is 457. The topological polar surface area (TPSA) is 25.7 Å². The molecule has 2 aromatic rings. The van der Waals surface area contributed by atoms with Crippen LogP contribution in [0.5, 0.6) is 0 Å². The molecule has 0 aliphatic carbocycles. The van der Waals surface area contributed by atoms with Crippen molar-refractivity contribution in [2.75, 3.05) is 6.61 Å². The fourth-order valence-electron chi connectivity index (χ4n) is 1.41. The first-order chi connectivity index (χ1) is 6.33. The SMILES string of the molecule is Brc1ccc2oc([C@H]3CO3)cc2c1. The summed E-state index contributed by atoms with van der Waals surface area (Å²) in [4.78, 5) is 0. The van der Waals surface area contributed by atoms with Gasteiger partial charge in [0.2, 0.25) is 0 Å². The van der Waals surface area contributed by atoms with Crippen LogP contribution in [-0.4, -0.2) is 6.61 Å². The van der Waals surface area contributed by atoms with Gasteiger partial charge in [0.1, 0.15) is 17.4 Å². The maximum Gasteiger partial charge on any atom is 0.139 e. The molecule has 1 aromatic carbocycles. The molecule has 0 N–H and O–H groups in total. The molecule has 1 atom stereocenters. The van der Waals surface area contributed by atoms with E-state index in [0.29, 0.717) is 0 Å². The first kappa shape index (κ1) is 7.59.